The average Bonchev–Trinajstić information content (AvgIpc) is 2.61. The Morgan fingerprint density at radius 2 is 1.88 bits per heavy atom. The van der Waals surface area contributed by atoms with Crippen LogP contribution in [0.1, 0.15) is 18.5 Å². The molecule has 2 aromatic carbocycles. The maximum atomic E-state index is 13.4. The minimum Gasteiger partial charge on any atom is -0.455 e. The third-order valence-electron chi connectivity index (χ3n) is 3.28. The van der Waals surface area contributed by atoms with Crippen LogP contribution in [-0.4, -0.2) is 24.2 Å². The molecular weight excluding hydrogens is 348 g/mol. The van der Waals surface area contributed by atoms with Crippen LogP contribution < -0.4 is 5.32 Å². The second kappa shape index (κ2) is 9.17. The van der Waals surface area contributed by atoms with Crippen molar-refractivity contribution in [2.24, 2.45) is 0 Å². The van der Waals surface area contributed by atoms with Crippen LogP contribution in [0.4, 0.5) is 8.78 Å². The molecule has 1 atom stereocenters. The number of benzene rings is 2. The lowest BCUT2D eigenvalue weighted by molar-refractivity contribution is -0.146. The molecule has 0 spiro atoms. The summed E-state index contributed by atoms with van der Waals surface area (Å²) in [6, 6.07) is 12.1. The van der Waals surface area contributed by atoms with E-state index in [1.165, 1.54) is 0 Å². The zero-order valence-electron chi connectivity index (χ0n) is 13.5. The fourth-order valence-electron chi connectivity index (χ4n) is 2.02. The number of carbonyl (C=O) groups is 2. The van der Waals surface area contributed by atoms with Crippen LogP contribution in [0.3, 0.4) is 0 Å². The molecule has 0 heterocycles. The van der Waals surface area contributed by atoms with Crippen LogP contribution in [0.25, 0.3) is 0 Å². The van der Waals surface area contributed by atoms with Gasteiger partial charge in [0.1, 0.15) is 11.6 Å². The van der Waals surface area contributed by atoms with Gasteiger partial charge in [0.2, 0.25) is 0 Å². The molecule has 2 rings (SSSR count). The lowest BCUT2D eigenvalue weighted by Crippen LogP contribution is -2.31. The summed E-state index contributed by atoms with van der Waals surface area (Å²) in [4.78, 5) is 23.4. The minimum atomic E-state index is -0.684. The standard InChI is InChI=1S/C18H17F2NO3S/c1-12(13-5-3-2-4-6-13)21-17(22)10-24-18(23)11-25-16-9-14(19)7-8-15(16)20/h2-9,12H,10-11H2,1H3,(H,21,22)/t12-/m0/s1. The van der Waals surface area contributed by atoms with Gasteiger partial charge in [0.05, 0.1) is 11.8 Å². The Morgan fingerprint density at radius 1 is 1.16 bits per heavy atom. The van der Waals surface area contributed by atoms with Crippen molar-refractivity contribution >= 4 is 23.6 Å². The first kappa shape index (κ1) is 18.9. The van der Waals surface area contributed by atoms with Gasteiger partial charge in [0, 0.05) is 4.90 Å². The van der Waals surface area contributed by atoms with Crippen molar-refractivity contribution < 1.29 is 23.1 Å². The highest BCUT2D eigenvalue weighted by atomic mass is 32.2. The van der Waals surface area contributed by atoms with Crippen LogP contribution in [0.2, 0.25) is 0 Å². The van der Waals surface area contributed by atoms with Gasteiger partial charge in [-0.1, -0.05) is 30.3 Å². The zero-order chi connectivity index (χ0) is 18.2. The Hall–Kier alpha value is -2.41. The maximum absolute atomic E-state index is 13.4. The summed E-state index contributed by atoms with van der Waals surface area (Å²) >= 11 is 0.811. The van der Waals surface area contributed by atoms with Crippen molar-refractivity contribution in [1.82, 2.24) is 5.32 Å². The molecule has 2 aromatic rings. The Balaban J connectivity index is 1.74. The molecule has 0 saturated heterocycles. The van der Waals surface area contributed by atoms with Crippen LogP contribution in [0, 0.1) is 11.6 Å². The van der Waals surface area contributed by atoms with Crippen LogP contribution in [-0.2, 0) is 14.3 Å². The number of carbonyl (C=O) groups excluding carboxylic acids is 2. The van der Waals surface area contributed by atoms with E-state index < -0.39 is 30.1 Å². The molecular formula is C18H17F2NO3S. The number of thioether (sulfide) groups is 1. The van der Waals surface area contributed by atoms with E-state index in [4.69, 9.17) is 4.74 Å². The predicted molar refractivity (Wildman–Crippen MR) is 91.0 cm³/mol. The molecule has 0 fully saturated rings. The van der Waals surface area contributed by atoms with Crippen LogP contribution in [0.5, 0.6) is 0 Å². The van der Waals surface area contributed by atoms with Gasteiger partial charge < -0.3 is 10.1 Å². The fraction of sp³-hybridized carbons (Fsp3) is 0.222. The van der Waals surface area contributed by atoms with Gasteiger partial charge in [0.15, 0.2) is 6.61 Å². The summed E-state index contributed by atoms with van der Waals surface area (Å²) in [7, 11) is 0. The number of hydrogen-bond donors (Lipinski definition) is 1. The van der Waals surface area contributed by atoms with E-state index in [-0.39, 0.29) is 16.7 Å². The Morgan fingerprint density at radius 3 is 2.60 bits per heavy atom. The third kappa shape index (κ3) is 6.19. The Bertz CT molecular complexity index is 740. The SMILES string of the molecule is C[C@H](NC(=O)COC(=O)CSc1cc(F)ccc1F)c1ccccc1. The third-order valence-corrected chi connectivity index (χ3v) is 4.28. The largest absolute Gasteiger partial charge is 0.455 e. The van der Waals surface area contributed by atoms with Crippen molar-refractivity contribution in [3.8, 4) is 0 Å². The quantitative estimate of drug-likeness (QED) is 0.603. The highest BCUT2D eigenvalue weighted by molar-refractivity contribution is 8.00. The number of esters is 1. The van der Waals surface area contributed by atoms with E-state index in [1.54, 1.807) is 0 Å². The van der Waals surface area contributed by atoms with E-state index in [9.17, 15) is 18.4 Å². The minimum absolute atomic E-state index is 0.0131. The molecule has 0 saturated carbocycles. The highest BCUT2D eigenvalue weighted by Crippen LogP contribution is 2.22. The molecule has 0 unspecified atom stereocenters. The summed E-state index contributed by atoms with van der Waals surface area (Å²) in [5.74, 6) is -2.55. The summed E-state index contributed by atoms with van der Waals surface area (Å²) in [5, 5.41) is 2.71. The highest BCUT2D eigenvalue weighted by Gasteiger charge is 2.13. The molecule has 4 nitrogen and oxygen atoms in total. The number of nitrogens with one attached hydrogen (secondary N) is 1. The number of amides is 1. The summed E-state index contributed by atoms with van der Waals surface area (Å²) in [6.45, 7) is 1.39. The maximum Gasteiger partial charge on any atom is 0.316 e. The average molecular weight is 365 g/mol. The Kier molecular flexibility index (Phi) is 6.94. The molecule has 0 bridgehead atoms. The first-order valence-electron chi connectivity index (χ1n) is 7.53. The summed E-state index contributed by atoms with van der Waals surface area (Å²) < 4.78 is 31.3. The fourth-order valence-corrected chi connectivity index (χ4v) is 2.78. The van der Waals surface area contributed by atoms with E-state index in [1.807, 2.05) is 37.3 Å². The van der Waals surface area contributed by atoms with Crippen LogP contribution >= 0.6 is 11.8 Å². The lowest BCUT2D eigenvalue weighted by atomic mass is 10.1. The number of ether oxygens (including phenoxy) is 1. The number of hydrogen-bond acceptors (Lipinski definition) is 4. The molecule has 0 aliphatic carbocycles. The molecule has 1 amide bonds. The van der Waals surface area contributed by atoms with Crippen molar-refractivity contribution in [3.05, 3.63) is 65.7 Å². The topological polar surface area (TPSA) is 55.4 Å². The monoisotopic (exact) mass is 365 g/mol. The van der Waals surface area contributed by atoms with Crippen LogP contribution in [0.15, 0.2) is 53.4 Å². The van der Waals surface area contributed by atoms with E-state index in [2.05, 4.69) is 5.32 Å². The van der Waals surface area contributed by atoms with E-state index in [0.29, 0.717) is 0 Å². The lowest BCUT2D eigenvalue weighted by Gasteiger charge is -2.14. The van der Waals surface area contributed by atoms with Gasteiger partial charge in [0.25, 0.3) is 5.91 Å². The molecule has 0 aromatic heterocycles. The summed E-state index contributed by atoms with van der Waals surface area (Å²) in [6.07, 6.45) is 0. The second-order valence-electron chi connectivity index (χ2n) is 5.22. The van der Waals surface area contributed by atoms with Gasteiger partial charge in [-0.05, 0) is 30.7 Å². The van der Waals surface area contributed by atoms with E-state index >= 15 is 0 Å². The van der Waals surface area contributed by atoms with Gasteiger partial charge in [-0.15, -0.1) is 11.8 Å². The molecule has 0 radical (unpaired) electrons. The van der Waals surface area contributed by atoms with Gasteiger partial charge in [-0.3, -0.25) is 9.59 Å². The molecule has 0 aliphatic rings. The second-order valence-corrected chi connectivity index (χ2v) is 6.24. The Labute approximate surface area is 148 Å². The van der Waals surface area contributed by atoms with Crippen molar-refractivity contribution in [1.29, 1.82) is 0 Å². The predicted octanol–water partition coefficient (Wildman–Crippen LogP) is 3.48. The van der Waals surface area contributed by atoms with Crippen molar-refractivity contribution in [3.63, 3.8) is 0 Å². The zero-order valence-corrected chi connectivity index (χ0v) is 14.3. The number of rotatable bonds is 7. The van der Waals surface area contributed by atoms with Gasteiger partial charge in [-0.2, -0.15) is 0 Å². The normalized spacial score (nSPS) is 11.6. The van der Waals surface area contributed by atoms with E-state index in [0.717, 1.165) is 35.5 Å². The van der Waals surface area contributed by atoms with Crippen molar-refractivity contribution in [2.75, 3.05) is 12.4 Å². The molecule has 7 heteroatoms. The smallest absolute Gasteiger partial charge is 0.316 e. The van der Waals surface area contributed by atoms with Gasteiger partial charge in [-0.25, -0.2) is 8.78 Å². The first-order chi connectivity index (χ1) is 12.0. The first-order valence-corrected chi connectivity index (χ1v) is 8.52. The molecule has 0 aliphatic heterocycles. The molecule has 132 valence electrons. The van der Waals surface area contributed by atoms with Gasteiger partial charge >= 0.3 is 5.97 Å². The molecule has 1 N–H and O–H groups in total. The van der Waals surface area contributed by atoms with Crippen molar-refractivity contribution in [2.45, 2.75) is 17.9 Å². The molecule has 25 heavy (non-hydrogen) atoms. The number of halogens is 2. The summed E-state index contributed by atoms with van der Waals surface area (Å²) in [5.41, 5.74) is 0.930.